The molecule has 0 aromatic carbocycles. The quantitative estimate of drug-likeness (QED) is 0.673. The zero-order chi connectivity index (χ0) is 9.80. The fourth-order valence-corrected chi connectivity index (χ4v) is 1.12. The first kappa shape index (κ1) is 8.55. The maximum atomic E-state index is 5.54. The molecule has 72 valence electrons. The van der Waals surface area contributed by atoms with Crippen LogP contribution in [0, 0.1) is 0 Å². The largest absolute Gasteiger partial charge is 0.384 e. The van der Waals surface area contributed by atoms with Gasteiger partial charge in [-0.3, -0.25) is 0 Å². The first-order chi connectivity index (χ1) is 6.84. The van der Waals surface area contributed by atoms with Crippen molar-refractivity contribution in [3.05, 3.63) is 36.4 Å². The summed E-state index contributed by atoms with van der Waals surface area (Å²) in [5.74, 6) is 1.28. The summed E-state index contributed by atoms with van der Waals surface area (Å²) in [6, 6.07) is 5.48. The second-order valence-electron chi connectivity index (χ2n) is 2.88. The van der Waals surface area contributed by atoms with Crippen LogP contribution in [0.25, 0.3) is 0 Å². The third-order valence-corrected chi connectivity index (χ3v) is 1.79. The van der Waals surface area contributed by atoms with Crippen LogP contribution in [0.3, 0.4) is 0 Å². The van der Waals surface area contributed by atoms with Gasteiger partial charge in [-0.05, 0) is 12.1 Å². The highest BCUT2D eigenvalue weighted by Crippen LogP contribution is 2.06. The number of hydrogen-bond donors (Lipinski definition) is 3. The first-order valence-corrected chi connectivity index (χ1v) is 4.28. The van der Waals surface area contributed by atoms with Crippen molar-refractivity contribution in [2.24, 2.45) is 0 Å². The monoisotopic (exact) mass is 189 g/mol. The molecule has 0 atom stereocenters. The molecule has 0 bridgehead atoms. The number of pyridine rings is 1. The van der Waals surface area contributed by atoms with E-state index in [9.17, 15) is 0 Å². The highest BCUT2D eigenvalue weighted by Gasteiger charge is 1.95. The molecule has 0 aliphatic carbocycles. The molecule has 2 rings (SSSR count). The second kappa shape index (κ2) is 3.78. The van der Waals surface area contributed by atoms with Crippen LogP contribution < -0.4 is 11.1 Å². The van der Waals surface area contributed by atoms with Gasteiger partial charge in [0, 0.05) is 6.20 Å². The molecule has 5 heteroatoms. The average molecular weight is 189 g/mol. The Morgan fingerprint density at radius 1 is 1.43 bits per heavy atom. The van der Waals surface area contributed by atoms with Crippen LogP contribution in [0.4, 0.5) is 11.6 Å². The Morgan fingerprint density at radius 2 is 2.36 bits per heavy atom. The van der Waals surface area contributed by atoms with Gasteiger partial charge in [0.25, 0.3) is 0 Å². The molecule has 2 aromatic heterocycles. The van der Waals surface area contributed by atoms with Crippen molar-refractivity contribution in [2.75, 3.05) is 11.1 Å². The molecule has 0 amide bonds. The molecule has 2 heterocycles. The van der Waals surface area contributed by atoms with Crippen molar-refractivity contribution < 1.29 is 0 Å². The van der Waals surface area contributed by atoms with Gasteiger partial charge in [-0.25, -0.2) is 9.97 Å². The summed E-state index contributed by atoms with van der Waals surface area (Å²) in [4.78, 5) is 11.0. The van der Waals surface area contributed by atoms with E-state index in [-0.39, 0.29) is 0 Å². The van der Waals surface area contributed by atoms with Crippen LogP contribution in [0.15, 0.2) is 30.7 Å². The van der Waals surface area contributed by atoms with Crippen molar-refractivity contribution in [3.63, 3.8) is 0 Å². The SMILES string of the molecule is Nc1cccc(NCc2cnc[nH]2)n1. The summed E-state index contributed by atoms with van der Waals surface area (Å²) in [7, 11) is 0. The standard InChI is InChI=1S/C9H11N5/c10-8-2-1-3-9(14-8)12-5-7-4-11-6-13-7/h1-4,6H,5H2,(H,11,13)(H3,10,12,14). The fourth-order valence-electron chi connectivity index (χ4n) is 1.12. The van der Waals surface area contributed by atoms with E-state index in [2.05, 4.69) is 20.3 Å². The minimum absolute atomic E-state index is 0.514. The fraction of sp³-hybridized carbons (Fsp3) is 0.111. The van der Waals surface area contributed by atoms with Gasteiger partial charge in [0.2, 0.25) is 0 Å². The molecule has 0 aliphatic heterocycles. The van der Waals surface area contributed by atoms with Crippen molar-refractivity contribution in [2.45, 2.75) is 6.54 Å². The van der Waals surface area contributed by atoms with Crippen molar-refractivity contribution in [1.82, 2.24) is 15.0 Å². The predicted molar refractivity (Wildman–Crippen MR) is 54.6 cm³/mol. The van der Waals surface area contributed by atoms with E-state index in [1.807, 2.05) is 12.1 Å². The minimum Gasteiger partial charge on any atom is -0.384 e. The smallest absolute Gasteiger partial charge is 0.128 e. The molecule has 2 aromatic rings. The van der Waals surface area contributed by atoms with Gasteiger partial charge < -0.3 is 16.0 Å². The lowest BCUT2D eigenvalue weighted by atomic mass is 10.4. The number of nitrogens with zero attached hydrogens (tertiary/aromatic N) is 2. The third kappa shape index (κ3) is 2.01. The molecular weight excluding hydrogens is 178 g/mol. The Bertz CT molecular complexity index is 395. The average Bonchev–Trinajstić information content (AvgIpc) is 2.67. The Kier molecular flexibility index (Phi) is 2.31. The molecule has 0 unspecified atom stereocenters. The molecular formula is C9H11N5. The van der Waals surface area contributed by atoms with Gasteiger partial charge in [0.05, 0.1) is 18.6 Å². The van der Waals surface area contributed by atoms with Gasteiger partial charge in [-0.2, -0.15) is 0 Å². The second-order valence-corrected chi connectivity index (χ2v) is 2.88. The van der Waals surface area contributed by atoms with E-state index < -0.39 is 0 Å². The zero-order valence-electron chi connectivity index (χ0n) is 7.57. The van der Waals surface area contributed by atoms with Gasteiger partial charge in [-0.1, -0.05) is 6.07 Å². The Morgan fingerprint density at radius 3 is 3.07 bits per heavy atom. The Hall–Kier alpha value is -2.04. The molecule has 0 spiro atoms. The number of aromatic amines is 1. The van der Waals surface area contributed by atoms with Crippen LogP contribution in [0.5, 0.6) is 0 Å². The highest BCUT2D eigenvalue weighted by molar-refractivity contribution is 5.42. The molecule has 14 heavy (non-hydrogen) atoms. The van der Waals surface area contributed by atoms with E-state index in [1.54, 1.807) is 18.6 Å². The normalized spacial score (nSPS) is 10.0. The zero-order valence-corrected chi connectivity index (χ0v) is 7.57. The van der Waals surface area contributed by atoms with E-state index in [0.717, 1.165) is 11.5 Å². The first-order valence-electron chi connectivity index (χ1n) is 4.28. The minimum atomic E-state index is 0.514. The topological polar surface area (TPSA) is 79.6 Å². The summed E-state index contributed by atoms with van der Waals surface area (Å²) in [6.07, 6.45) is 3.41. The number of rotatable bonds is 3. The number of anilines is 2. The number of nitrogens with one attached hydrogen (secondary N) is 2. The number of hydrogen-bond acceptors (Lipinski definition) is 4. The summed E-state index contributed by atoms with van der Waals surface area (Å²) in [6.45, 7) is 0.663. The van der Waals surface area contributed by atoms with Crippen LogP contribution in [-0.2, 0) is 6.54 Å². The Balaban J connectivity index is 1.98. The molecule has 4 N–H and O–H groups in total. The van der Waals surface area contributed by atoms with Crippen LogP contribution in [0.2, 0.25) is 0 Å². The summed E-state index contributed by atoms with van der Waals surface area (Å²) < 4.78 is 0. The number of nitrogens with two attached hydrogens (primary N) is 1. The van der Waals surface area contributed by atoms with Crippen LogP contribution in [0.1, 0.15) is 5.69 Å². The molecule has 0 fully saturated rings. The van der Waals surface area contributed by atoms with Crippen LogP contribution >= 0.6 is 0 Å². The molecule has 0 saturated heterocycles. The van der Waals surface area contributed by atoms with E-state index in [4.69, 9.17) is 5.73 Å². The Labute approximate surface area is 81.4 Å². The number of H-pyrrole nitrogens is 1. The molecule has 0 saturated carbocycles. The van der Waals surface area contributed by atoms with E-state index >= 15 is 0 Å². The van der Waals surface area contributed by atoms with Gasteiger partial charge in [0.1, 0.15) is 11.6 Å². The summed E-state index contributed by atoms with van der Waals surface area (Å²) >= 11 is 0. The maximum Gasteiger partial charge on any atom is 0.128 e. The number of aromatic nitrogens is 3. The lowest BCUT2D eigenvalue weighted by Crippen LogP contribution is -2.02. The number of nitrogen functional groups attached to an aromatic ring is 1. The van der Waals surface area contributed by atoms with Crippen molar-refractivity contribution >= 4 is 11.6 Å². The number of imidazole rings is 1. The third-order valence-electron chi connectivity index (χ3n) is 1.79. The van der Waals surface area contributed by atoms with E-state index in [1.165, 1.54) is 0 Å². The van der Waals surface area contributed by atoms with Crippen LogP contribution in [-0.4, -0.2) is 15.0 Å². The molecule has 5 nitrogen and oxygen atoms in total. The van der Waals surface area contributed by atoms with Gasteiger partial charge in [-0.15, -0.1) is 0 Å². The lowest BCUT2D eigenvalue weighted by Gasteiger charge is -2.03. The molecule has 0 aliphatic rings. The van der Waals surface area contributed by atoms with Crippen molar-refractivity contribution in [1.29, 1.82) is 0 Å². The van der Waals surface area contributed by atoms with Gasteiger partial charge >= 0.3 is 0 Å². The highest BCUT2D eigenvalue weighted by atomic mass is 15.0. The predicted octanol–water partition coefficient (Wildman–Crippen LogP) is 0.999. The summed E-state index contributed by atoms with van der Waals surface area (Å²) in [5, 5.41) is 3.13. The summed E-state index contributed by atoms with van der Waals surface area (Å²) in [5.41, 5.74) is 6.54. The van der Waals surface area contributed by atoms with Crippen molar-refractivity contribution in [3.8, 4) is 0 Å². The van der Waals surface area contributed by atoms with E-state index in [0.29, 0.717) is 12.4 Å². The lowest BCUT2D eigenvalue weighted by molar-refractivity contribution is 1.05. The van der Waals surface area contributed by atoms with Gasteiger partial charge in [0.15, 0.2) is 0 Å². The molecule has 0 radical (unpaired) electrons. The maximum absolute atomic E-state index is 5.54.